The number of carbonyl (C=O) groups is 1. The lowest BCUT2D eigenvalue weighted by Gasteiger charge is -2.32. The van der Waals surface area contributed by atoms with Gasteiger partial charge in [0, 0.05) is 30.1 Å². The monoisotopic (exact) mass is 494 g/mol. The smallest absolute Gasteiger partial charge is 0.224 e. The van der Waals surface area contributed by atoms with Crippen molar-refractivity contribution >= 4 is 17.9 Å². The second kappa shape index (κ2) is 12.3. The molecule has 0 atom stereocenters. The van der Waals surface area contributed by atoms with Gasteiger partial charge in [-0.25, -0.2) is 13.1 Å². The Morgan fingerprint density at radius 3 is 2.23 bits per heavy atom. The van der Waals surface area contributed by atoms with Crippen molar-refractivity contribution in [2.45, 2.75) is 56.5 Å². The first-order valence-corrected chi connectivity index (χ1v) is 13.0. The van der Waals surface area contributed by atoms with Crippen molar-refractivity contribution in [1.29, 1.82) is 0 Å². The first-order chi connectivity index (χ1) is 16.9. The maximum atomic E-state index is 13.8. The van der Waals surface area contributed by atoms with Crippen LogP contribution >= 0.6 is 11.9 Å². The van der Waals surface area contributed by atoms with Crippen molar-refractivity contribution in [3.63, 3.8) is 0 Å². The van der Waals surface area contributed by atoms with E-state index in [2.05, 4.69) is 9.62 Å². The van der Waals surface area contributed by atoms with Crippen LogP contribution in [0.1, 0.15) is 42.4 Å². The molecule has 3 aromatic carbocycles. The van der Waals surface area contributed by atoms with Gasteiger partial charge in [0.25, 0.3) is 0 Å². The minimum atomic E-state index is -0.549. The van der Waals surface area contributed by atoms with Crippen molar-refractivity contribution < 1.29 is 13.6 Å². The SMILES string of the molecule is Cc1ccc(CC(=O)NC2CCC(CN(Cc3cc(F)cc(F)c3)Sc3ccccc3)CC2)cc1. The van der Waals surface area contributed by atoms with Crippen molar-refractivity contribution in [3.8, 4) is 0 Å². The van der Waals surface area contributed by atoms with Crippen LogP contribution in [0.25, 0.3) is 0 Å². The zero-order valence-corrected chi connectivity index (χ0v) is 20.9. The second-order valence-electron chi connectivity index (χ2n) is 9.45. The lowest BCUT2D eigenvalue weighted by Crippen LogP contribution is -2.39. The molecule has 0 heterocycles. The van der Waals surface area contributed by atoms with Crippen LogP contribution in [-0.2, 0) is 17.8 Å². The molecule has 1 aliphatic carbocycles. The minimum Gasteiger partial charge on any atom is -0.353 e. The predicted molar refractivity (Wildman–Crippen MR) is 138 cm³/mol. The highest BCUT2D eigenvalue weighted by molar-refractivity contribution is 7.97. The maximum Gasteiger partial charge on any atom is 0.224 e. The van der Waals surface area contributed by atoms with Crippen LogP contribution in [0.15, 0.2) is 77.7 Å². The summed E-state index contributed by atoms with van der Waals surface area (Å²) in [5, 5.41) is 3.21. The molecule has 0 aliphatic heterocycles. The van der Waals surface area contributed by atoms with Gasteiger partial charge in [-0.1, -0.05) is 48.0 Å². The quantitative estimate of drug-likeness (QED) is 0.336. The van der Waals surface area contributed by atoms with E-state index < -0.39 is 11.6 Å². The number of carbonyl (C=O) groups excluding carboxylic acids is 1. The average Bonchev–Trinajstić information content (AvgIpc) is 2.82. The molecule has 0 saturated heterocycles. The predicted octanol–water partition coefficient (Wildman–Crippen LogP) is 6.70. The second-order valence-corrected chi connectivity index (χ2v) is 10.6. The number of nitrogens with zero attached hydrogens (tertiary/aromatic N) is 1. The van der Waals surface area contributed by atoms with Crippen LogP contribution < -0.4 is 5.32 Å². The number of amides is 1. The van der Waals surface area contributed by atoms with Crippen LogP contribution in [0.2, 0.25) is 0 Å². The molecule has 0 bridgehead atoms. The Morgan fingerprint density at radius 1 is 0.914 bits per heavy atom. The molecule has 4 rings (SSSR count). The van der Waals surface area contributed by atoms with Crippen LogP contribution in [0, 0.1) is 24.5 Å². The van der Waals surface area contributed by atoms with E-state index in [1.54, 1.807) is 11.9 Å². The molecule has 0 spiro atoms. The van der Waals surface area contributed by atoms with E-state index >= 15 is 0 Å². The van der Waals surface area contributed by atoms with Gasteiger partial charge in [0.1, 0.15) is 11.6 Å². The van der Waals surface area contributed by atoms with E-state index in [4.69, 9.17) is 0 Å². The molecule has 184 valence electrons. The average molecular weight is 495 g/mol. The van der Waals surface area contributed by atoms with Gasteiger partial charge in [0.05, 0.1) is 6.42 Å². The number of hydrogen-bond acceptors (Lipinski definition) is 3. The van der Waals surface area contributed by atoms with E-state index in [0.29, 0.717) is 24.4 Å². The summed E-state index contributed by atoms with van der Waals surface area (Å²) < 4.78 is 29.7. The third-order valence-corrected chi connectivity index (χ3v) is 7.44. The van der Waals surface area contributed by atoms with Gasteiger partial charge in [-0.05, 0) is 85.9 Å². The highest BCUT2D eigenvalue weighted by Gasteiger charge is 2.25. The fourth-order valence-electron chi connectivity index (χ4n) is 4.62. The minimum absolute atomic E-state index is 0.0756. The van der Waals surface area contributed by atoms with Gasteiger partial charge >= 0.3 is 0 Å². The lowest BCUT2D eigenvalue weighted by atomic mass is 9.86. The first kappa shape index (κ1) is 25.4. The third-order valence-electron chi connectivity index (χ3n) is 6.42. The number of aryl methyl sites for hydroxylation is 1. The Bertz CT molecular complexity index is 1080. The molecule has 1 fully saturated rings. The van der Waals surface area contributed by atoms with Crippen LogP contribution in [0.3, 0.4) is 0 Å². The van der Waals surface area contributed by atoms with E-state index in [0.717, 1.165) is 48.8 Å². The number of benzene rings is 3. The largest absolute Gasteiger partial charge is 0.353 e. The lowest BCUT2D eigenvalue weighted by molar-refractivity contribution is -0.121. The maximum absolute atomic E-state index is 13.8. The number of nitrogens with one attached hydrogen (secondary N) is 1. The van der Waals surface area contributed by atoms with Gasteiger partial charge in [0.2, 0.25) is 5.91 Å². The van der Waals surface area contributed by atoms with Gasteiger partial charge in [0.15, 0.2) is 0 Å². The van der Waals surface area contributed by atoms with Crippen molar-refractivity contribution in [2.75, 3.05) is 6.54 Å². The zero-order valence-electron chi connectivity index (χ0n) is 20.1. The van der Waals surface area contributed by atoms with E-state index in [1.165, 1.54) is 17.7 Å². The Balaban J connectivity index is 1.31. The Hall–Kier alpha value is -2.70. The standard InChI is InChI=1S/C29H32F2N2OS/c1-21-7-9-22(10-8-21)17-29(34)32-27-13-11-23(12-14-27)19-33(35-28-5-3-2-4-6-28)20-24-15-25(30)18-26(31)16-24/h2-10,15-16,18,23,27H,11-14,17,19-20H2,1H3,(H,32,34). The molecule has 3 aromatic rings. The van der Waals surface area contributed by atoms with E-state index in [9.17, 15) is 13.6 Å². The molecular formula is C29H32F2N2OS. The Labute approximate surface area is 211 Å². The summed E-state index contributed by atoms with van der Waals surface area (Å²) >= 11 is 1.62. The third kappa shape index (κ3) is 8.18. The Morgan fingerprint density at radius 2 is 1.57 bits per heavy atom. The molecule has 0 radical (unpaired) electrons. The molecule has 35 heavy (non-hydrogen) atoms. The summed E-state index contributed by atoms with van der Waals surface area (Å²) in [7, 11) is 0. The molecule has 1 N–H and O–H groups in total. The van der Waals surface area contributed by atoms with Crippen molar-refractivity contribution in [1.82, 2.24) is 9.62 Å². The number of halogens is 2. The normalized spacial score (nSPS) is 17.9. The zero-order chi connectivity index (χ0) is 24.6. The van der Waals surface area contributed by atoms with Gasteiger partial charge in [-0.2, -0.15) is 0 Å². The van der Waals surface area contributed by atoms with Crippen molar-refractivity contribution in [2.24, 2.45) is 5.92 Å². The molecule has 3 nitrogen and oxygen atoms in total. The number of rotatable bonds is 9. The van der Waals surface area contributed by atoms with E-state index in [-0.39, 0.29) is 11.9 Å². The molecule has 0 unspecified atom stereocenters. The molecule has 0 aromatic heterocycles. The summed E-state index contributed by atoms with van der Waals surface area (Å²) in [4.78, 5) is 13.6. The summed E-state index contributed by atoms with van der Waals surface area (Å²) in [5.41, 5.74) is 2.85. The van der Waals surface area contributed by atoms with E-state index in [1.807, 2.05) is 61.5 Å². The highest BCUT2D eigenvalue weighted by atomic mass is 32.2. The van der Waals surface area contributed by atoms with Crippen molar-refractivity contribution in [3.05, 3.63) is 101 Å². The summed E-state index contributed by atoms with van der Waals surface area (Å²) in [6, 6.07) is 22.1. The van der Waals surface area contributed by atoms with Crippen LogP contribution in [0.4, 0.5) is 8.78 Å². The van der Waals surface area contributed by atoms with Gasteiger partial charge in [-0.3, -0.25) is 4.79 Å². The highest BCUT2D eigenvalue weighted by Crippen LogP contribution is 2.31. The molecule has 1 amide bonds. The molecule has 1 aliphatic rings. The molecule has 6 heteroatoms. The fraction of sp³-hybridized carbons (Fsp3) is 0.345. The topological polar surface area (TPSA) is 32.3 Å². The van der Waals surface area contributed by atoms with Gasteiger partial charge in [-0.15, -0.1) is 0 Å². The summed E-state index contributed by atoms with van der Waals surface area (Å²) in [5.74, 6) is -0.556. The Kier molecular flexibility index (Phi) is 8.94. The van der Waals surface area contributed by atoms with Crippen LogP contribution in [0.5, 0.6) is 0 Å². The summed E-state index contributed by atoms with van der Waals surface area (Å²) in [6.45, 7) is 3.32. The van der Waals surface area contributed by atoms with Crippen LogP contribution in [-0.4, -0.2) is 22.8 Å². The molecular weight excluding hydrogens is 462 g/mol. The summed E-state index contributed by atoms with van der Waals surface area (Å²) in [6.07, 6.45) is 4.33. The number of hydrogen-bond donors (Lipinski definition) is 1. The van der Waals surface area contributed by atoms with Gasteiger partial charge < -0.3 is 5.32 Å². The molecule has 1 saturated carbocycles. The first-order valence-electron chi connectivity index (χ1n) is 12.2. The fourth-order valence-corrected chi connectivity index (χ4v) is 5.69.